The van der Waals surface area contributed by atoms with Crippen LogP contribution in [-0.2, 0) is 0 Å². The molecule has 2 aromatic rings. The van der Waals surface area contributed by atoms with Crippen molar-refractivity contribution in [2.24, 2.45) is 5.73 Å². The maximum atomic E-state index is 12.2. The van der Waals surface area contributed by atoms with Crippen molar-refractivity contribution >= 4 is 38.9 Å². The maximum Gasteiger partial charge on any atom is 0.265 e. The highest BCUT2D eigenvalue weighted by Gasteiger charge is 2.10. The molecule has 21 heavy (non-hydrogen) atoms. The Morgan fingerprint density at radius 1 is 1.43 bits per heavy atom. The van der Waals surface area contributed by atoms with Crippen LogP contribution in [0.15, 0.2) is 34.8 Å². The summed E-state index contributed by atoms with van der Waals surface area (Å²) in [5.41, 5.74) is 5.98. The Labute approximate surface area is 135 Å². The molecule has 1 aromatic heterocycles. The van der Waals surface area contributed by atoms with E-state index < -0.39 is 0 Å². The smallest absolute Gasteiger partial charge is 0.265 e. The first kappa shape index (κ1) is 15.6. The number of hydrogen-bond acceptors (Lipinski definition) is 4. The van der Waals surface area contributed by atoms with Gasteiger partial charge in [-0.3, -0.25) is 4.79 Å². The predicted molar refractivity (Wildman–Crippen MR) is 88.9 cm³/mol. The number of rotatable bonds is 3. The lowest BCUT2D eigenvalue weighted by molar-refractivity contribution is 0.103. The number of methoxy groups -OCH3 is 1. The number of nitrogens with two attached hydrogens (primary N) is 1. The predicted octanol–water partition coefficient (Wildman–Crippen LogP) is 3.08. The maximum absolute atomic E-state index is 12.2. The number of hydrogen-bond donors (Lipinski definition) is 2. The fourth-order valence-electron chi connectivity index (χ4n) is 1.61. The summed E-state index contributed by atoms with van der Waals surface area (Å²) in [5, 5.41) is 2.83. The van der Waals surface area contributed by atoms with E-state index in [-0.39, 0.29) is 5.91 Å². The molecule has 6 heteroatoms. The summed E-state index contributed by atoms with van der Waals surface area (Å²) in [5.74, 6) is 6.16. The first-order valence-electron chi connectivity index (χ1n) is 6.07. The van der Waals surface area contributed by atoms with Crippen molar-refractivity contribution in [3.8, 4) is 17.6 Å². The summed E-state index contributed by atoms with van der Waals surface area (Å²) in [6, 6.07) is 8.94. The monoisotopic (exact) mass is 364 g/mol. The number of amides is 1. The van der Waals surface area contributed by atoms with E-state index in [0.717, 1.165) is 9.35 Å². The van der Waals surface area contributed by atoms with E-state index in [2.05, 4.69) is 33.1 Å². The summed E-state index contributed by atoms with van der Waals surface area (Å²) in [6.45, 7) is 0.303. The van der Waals surface area contributed by atoms with Crippen LogP contribution in [-0.4, -0.2) is 19.6 Å². The van der Waals surface area contributed by atoms with Crippen molar-refractivity contribution in [3.63, 3.8) is 0 Å². The molecular weight excluding hydrogens is 352 g/mol. The van der Waals surface area contributed by atoms with E-state index in [4.69, 9.17) is 10.5 Å². The Hall–Kier alpha value is -1.81. The molecule has 3 N–H and O–H groups in total. The lowest BCUT2D eigenvalue weighted by Gasteiger charge is -2.07. The van der Waals surface area contributed by atoms with Gasteiger partial charge in [0.25, 0.3) is 5.91 Å². The topological polar surface area (TPSA) is 64.3 Å². The molecule has 1 amide bonds. The Morgan fingerprint density at radius 3 is 2.95 bits per heavy atom. The molecule has 0 saturated carbocycles. The second-order valence-electron chi connectivity index (χ2n) is 4.00. The van der Waals surface area contributed by atoms with Gasteiger partial charge in [0.15, 0.2) is 0 Å². The number of ether oxygens (including phenoxy) is 1. The number of halogens is 1. The van der Waals surface area contributed by atoms with Gasteiger partial charge in [-0.2, -0.15) is 0 Å². The molecule has 2 rings (SSSR count). The highest BCUT2D eigenvalue weighted by Crippen LogP contribution is 2.25. The minimum absolute atomic E-state index is 0.180. The van der Waals surface area contributed by atoms with Crippen LogP contribution in [0.2, 0.25) is 0 Å². The molecule has 0 saturated heterocycles. The van der Waals surface area contributed by atoms with E-state index in [9.17, 15) is 4.79 Å². The average molecular weight is 365 g/mol. The molecule has 0 bridgehead atoms. The molecule has 0 aliphatic heterocycles. The van der Waals surface area contributed by atoms with Crippen LogP contribution in [0, 0.1) is 11.8 Å². The zero-order valence-corrected chi connectivity index (χ0v) is 13.7. The molecule has 108 valence electrons. The molecule has 1 heterocycles. The summed E-state index contributed by atoms with van der Waals surface area (Å²) < 4.78 is 5.99. The van der Waals surface area contributed by atoms with Gasteiger partial charge in [0.2, 0.25) is 0 Å². The highest BCUT2D eigenvalue weighted by molar-refractivity contribution is 9.10. The molecule has 0 unspecified atom stereocenters. The van der Waals surface area contributed by atoms with Crippen molar-refractivity contribution in [3.05, 3.63) is 44.6 Å². The second kappa shape index (κ2) is 7.27. The van der Waals surface area contributed by atoms with Crippen LogP contribution in [0.25, 0.3) is 0 Å². The van der Waals surface area contributed by atoms with Crippen LogP contribution in [0.1, 0.15) is 14.5 Å². The molecule has 1 aromatic carbocycles. The summed E-state index contributed by atoms with van der Waals surface area (Å²) in [4.78, 5) is 13.6. The summed E-state index contributed by atoms with van der Waals surface area (Å²) in [6.07, 6.45) is 0. The Bertz CT molecular complexity index is 716. The van der Waals surface area contributed by atoms with Crippen LogP contribution >= 0.6 is 27.3 Å². The normalized spacial score (nSPS) is 9.67. The fourth-order valence-corrected chi connectivity index (χ4v) is 2.86. The quantitative estimate of drug-likeness (QED) is 0.822. The first-order chi connectivity index (χ1) is 10.1. The number of carbonyl (C=O) groups is 1. The van der Waals surface area contributed by atoms with E-state index in [1.54, 1.807) is 19.2 Å². The van der Waals surface area contributed by atoms with Crippen LogP contribution in [0.4, 0.5) is 5.69 Å². The van der Waals surface area contributed by atoms with Gasteiger partial charge < -0.3 is 15.8 Å². The van der Waals surface area contributed by atoms with Gasteiger partial charge in [-0.15, -0.1) is 11.3 Å². The number of benzene rings is 1. The Morgan fingerprint density at radius 2 is 2.24 bits per heavy atom. The molecular formula is C15H13BrN2O2S. The molecule has 0 fully saturated rings. The summed E-state index contributed by atoms with van der Waals surface area (Å²) in [7, 11) is 1.58. The van der Waals surface area contributed by atoms with Crippen molar-refractivity contribution < 1.29 is 9.53 Å². The molecule has 4 nitrogen and oxygen atoms in total. The van der Waals surface area contributed by atoms with E-state index >= 15 is 0 Å². The first-order valence-corrected chi connectivity index (χ1v) is 7.68. The largest absolute Gasteiger partial charge is 0.497 e. The van der Waals surface area contributed by atoms with Crippen LogP contribution in [0.5, 0.6) is 5.75 Å². The third-order valence-electron chi connectivity index (χ3n) is 2.51. The minimum Gasteiger partial charge on any atom is -0.497 e. The number of carbonyl (C=O) groups excluding carboxylic acids is 1. The van der Waals surface area contributed by atoms with E-state index in [1.807, 2.05) is 18.2 Å². The molecule has 0 spiro atoms. The Kier molecular flexibility index (Phi) is 5.39. The van der Waals surface area contributed by atoms with Gasteiger partial charge >= 0.3 is 0 Å². The van der Waals surface area contributed by atoms with Gasteiger partial charge in [0.1, 0.15) is 5.75 Å². The fraction of sp³-hybridized carbons (Fsp3) is 0.133. The van der Waals surface area contributed by atoms with Gasteiger partial charge in [0.05, 0.1) is 23.4 Å². The van der Waals surface area contributed by atoms with E-state index in [1.165, 1.54) is 11.3 Å². The van der Waals surface area contributed by atoms with Crippen molar-refractivity contribution in [1.82, 2.24) is 0 Å². The number of nitrogens with one attached hydrogen (secondary N) is 1. The third-order valence-corrected chi connectivity index (χ3v) is 3.97. The second-order valence-corrected chi connectivity index (χ2v) is 6.00. The zero-order chi connectivity index (χ0) is 15.2. The molecule has 0 aliphatic rings. The number of anilines is 1. The van der Waals surface area contributed by atoms with Gasteiger partial charge in [0, 0.05) is 16.2 Å². The third kappa shape index (κ3) is 4.33. The minimum atomic E-state index is -0.180. The van der Waals surface area contributed by atoms with Crippen molar-refractivity contribution in [1.29, 1.82) is 0 Å². The SMILES string of the molecule is COc1cc(Br)cc(NC(=O)c2ccc(C#CCN)s2)c1. The number of thiophene rings is 1. The standard InChI is InChI=1S/C15H13BrN2O2S/c1-20-12-8-10(16)7-11(9-12)18-15(19)14-5-4-13(21-14)3-2-6-17/h4-5,7-9H,6,17H2,1H3,(H,18,19). The average Bonchev–Trinajstić information content (AvgIpc) is 2.93. The zero-order valence-electron chi connectivity index (χ0n) is 11.3. The molecule has 0 radical (unpaired) electrons. The van der Waals surface area contributed by atoms with Crippen molar-refractivity contribution in [2.45, 2.75) is 0 Å². The lowest BCUT2D eigenvalue weighted by Crippen LogP contribution is -2.10. The Balaban J connectivity index is 2.14. The van der Waals surface area contributed by atoms with Gasteiger partial charge in [-0.1, -0.05) is 27.8 Å². The van der Waals surface area contributed by atoms with Gasteiger partial charge in [-0.25, -0.2) is 0 Å². The summed E-state index contributed by atoms with van der Waals surface area (Å²) >= 11 is 4.70. The van der Waals surface area contributed by atoms with Gasteiger partial charge in [-0.05, 0) is 24.3 Å². The van der Waals surface area contributed by atoms with E-state index in [0.29, 0.717) is 22.9 Å². The van der Waals surface area contributed by atoms with Crippen molar-refractivity contribution in [2.75, 3.05) is 19.0 Å². The van der Waals surface area contributed by atoms with Crippen LogP contribution in [0.3, 0.4) is 0 Å². The molecule has 0 aliphatic carbocycles. The lowest BCUT2D eigenvalue weighted by atomic mass is 10.3. The van der Waals surface area contributed by atoms with Crippen LogP contribution < -0.4 is 15.8 Å². The molecule has 0 atom stereocenters. The highest BCUT2D eigenvalue weighted by atomic mass is 79.9.